The first-order valence-electron chi connectivity index (χ1n) is 18.9. The van der Waals surface area contributed by atoms with Crippen LogP contribution in [0.2, 0.25) is 0 Å². The summed E-state index contributed by atoms with van der Waals surface area (Å²) in [6, 6.07) is 0. The van der Waals surface area contributed by atoms with E-state index in [2.05, 4.69) is 41.5 Å². The molecular formula is C40H68O8. The Hall–Kier alpha value is -1.87. The van der Waals surface area contributed by atoms with Gasteiger partial charge < -0.3 is 33.9 Å². The normalized spacial score (nSPS) is 26.9. The molecule has 0 spiro atoms. The van der Waals surface area contributed by atoms with E-state index in [0.29, 0.717) is 12.4 Å². The number of carbonyl (C=O) groups is 1. The van der Waals surface area contributed by atoms with Crippen molar-refractivity contribution < 1.29 is 38.7 Å². The summed E-state index contributed by atoms with van der Waals surface area (Å²) >= 11 is 0. The van der Waals surface area contributed by atoms with Crippen LogP contribution < -0.4 is 9.47 Å². The lowest BCUT2D eigenvalue weighted by Gasteiger charge is -2.41. The molecule has 2 heterocycles. The molecule has 1 saturated heterocycles. The summed E-state index contributed by atoms with van der Waals surface area (Å²) in [4.78, 5) is 12.7. The number of aliphatic hydroxyl groups excluding tert-OH is 2. The molecule has 2 N–H and O–H groups in total. The van der Waals surface area contributed by atoms with Crippen molar-refractivity contribution in [2.75, 3.05) is 19.8 Å². The number of esters is 1. The molecule has 0 aromatic heterocycles. The highest BCUT2D eigenvalue weighted by atomic mass is 16.6. The largest absolute Gasteiger partial charge is 0.487 e. The van der Waals surface area contributed by atoms with Crippen LogP contribution in [0, 0.1) is 44.4 Å². The molecule has 0 bridgehead atoms. The van der Waals surface area contributed by atoms with Gasteiger partial charge in [-0.15, -0.1) is 0 Å². The quantitative estimate of drug-likeness (QED) is 0.142. The zero-order chi connectivity index (χ0) is 35.6. The van der Waals surface area contributed by atoms with Crippen molar-refractivity contribution >= 4 is 5.97 Å². The fraction of sp³-hybridized carbons (Fsp3) is 0.825. The smallest absolute Gasteiger partial charge is 0.344 e. The van der Waals surface area contributed by atoms with E-state index in [1.807, 2.05) is 20.8 Å². The maximum atomic E-state index is 12.7. The lowest BCUT2D eigenvalue weighted by atomic mass is 9.83. The predicted octanol–water partition coefficient (Wildman–Crippen LogP) is 8.18. The Balaban J connectivity index is 1.48. The minimum Gasteiger partial charge on any atom is -0.487 e. The van der Waals surface area contributed by atoms with Crippen LogP contribution in [-0.4, -0.2) is 66.2 Å². The van der Waals surface area contributed by atoms with Gasteiger partial charge in [-0.2, -0.15) is 0 Å². The van der Waals surface area contributed by atoms with E-state index in [4.69, 9.17) is 23.7 Å². The van der Waals surface area contributed by atoms with Crippen LogP contribution in [0.25, 0.3) is 0 Å². The number of rotatable bonds is 19. The molecule has 3 rings (SSSR count). The standard InChI is InChI=1S/C40H68O8/c1-11-44-38-31(9)39(43)47-33(35(38)42)23-45-34(41)24-46-36-28(6)29(7)37-32(30(36)8)20-22-40(10,48-37)21-14-19-27(5)18-13-17-26(4)16-12-15-25(2)3/h25-27,31,33,35,38-39,42-43H,11-24H2,1-10H3/t26-,27-,31?,33?,35-,38+,39?,40-/m0/s1. The number of hydrogen-bond acceptors (Lipinski definition) is 8. The fourth-order valence-electron chi connectivity index (χ4n) is 7.47. The molecule has 0 amide bonds. The zero-order valence-corrected chi connectivity index (χ0v) is 31.9. The van der Waals surface area contributed by atoms with Crippen molar-refractivity contribution in [2.45, 2.75) is 170 Å². The van der Waals surface area contributed by atoms with E-state index < -0.39 is 36.5 Å². The van der Waals surface area contributed by atoms with Crippen molar-refractivity contribution in [3.05, 3.63) is 22.3 Å². The number of hydrogen-bond donors (Lipinski definition) is 2. The molecule has 0 aliphatic carbocycles. The summed E-state index contributed by atoms with van der Waals surface area (Å²) in [5.74, 6) is 3.07. The maximum Gasteiger partial charge on any atom is 0.344 e. The Labute approximate surface area is 291 Å². The highest BCUT2D eigenvalue weighted by Gasteiger charge is 2.43. The van der Waals surface area contributed by atoms with E-state index in [9.17, 15) is 15.0 Å². The molecule has 0 radical (unpaired) electrons. The van der Waals surface area contributed by atoms with Gasteiger partial charge in [-0.25, -0.2) is 4.79 Å². The van der Waals surface area contributed by atoms with Gasteiger partial charge in [0.15, 0.2) is 12.9 Å². The second kappa shape index (κ2) is 18.9. The Kier molecular flexibility index (Phi) is 16.0. The second-order valence-electron chi connectivity index (χ2n) is 15.7. The topological polar surface area (TPSA) is 104 Å². The van der Waals surface area contributed by atoms with Gasteiger partial charge in [0.25, 0.3) is 0 Å². The molecule has 276 valence electrons. The van der Waals surface area contributed by atoms with Crippen LogP contribution in [0.3, 0.4) is 0 Å². The van der Waals surface area contributed by atoms with Crippen molar-refractivity contribution in [3.8, 4) is 11.5 Å². The van der Waals surface area contributed by atoms with Gasteiger partial charge in [-0.05, 0) is 94.7 Å². The number of aliphatic hydroxyl groups is 2. The summed E-state index contributed by atoms with van der Waals surface area (Å²) in [5.41, 5.74) is 3.96. The fourth-order valence-corrected chi connectivity index (χ4v) is 7.47. The number of ether oxygens (including phenoxy) is 5. The van der Waals surface area contributed by atoms with Gasteiger partial charge in [0, 0.05) is 18.1 Å². The summed E-state index contributed by atoms with van der Waals surface area (Å²) in [7, 11) is 0. The van der Waals surface area contributed by atoms with Crippen LogP contribution in [0.15, 0.2) is 0 Å². The second-order valence-corrected chi connectivity index (χ2v) is 15.7. The summed E-state index contributed by atoms with van der Waals surface area (Å²) < 4.78 is 29.4. The Morgan fingerprint density at radius 3 is 2.19 bits per heavy atom. The third-order valence-corrected chi connectivity index (χ3v) is 10.9. The van der Waals surface area contributed by atoms with Crippen molar-refractivity contribution in [2.24, 2.45) is 23.7 Å². The van der Waals surface area contributed by atoms with Crippen molar-refractivity contribution in [1.29, 1.82) is 0 Å². The van der Waals surface area contributed by atoms with Gasteiger partial charge in [0.2, 0.25) is 0 Å². The molecule has 1 aromatic carbocycles. The van der Waals surface area contributed by atoms with Crippen LogP contribution in [0.1, 0.15) is 135 Å². The van der Waals surface area contributed by atoms with Crippen LogP contribution in [0.4, 0.5) is 0 Å². The highest BCUT2D eigenvalue weighted by Crippen LogP contribution is 2.45. The van der Waals surface area contributed by atoms with Crippen molar-refractivity contribution in [3.63, 3.8) is 0 Å². The summed E-state index contributed by atoms with van der Waals surface area (Å²) in [5, 5.41) is 20.9. The van der Waals surface area contributed by atoms with E-state index >= 15 is 0 Å². The van der Waals surface area contributed by atoms with Crippen LogP contribution >= 0.6 is 0 Å². The monoisotopic (exact) mass is 676 g/mol. The molecule has 1 fully saturated rings. The molecule has 8 atom stereocenters. The first-order chi connectivity index (χ1) is 22.7. The van der Waals surface area contributed by atoms with E-state index in [1.165, 1.54) is 51.4 Å². The molecule has 0 saturated carbocycles. The first-order valence-corrected chi connectivity index (χ1v) is 18.9. The third-order valence-electron chi connectivity index (χ3n) is 10.9. The highest BCUT2D eigenvalue weighted by molar-refractivity contribution is 5.71. The summed E-state index contributed by atoms with van der Waals surface area (Å²) in [6.07, 6.45) is 9.76. The average molecular weight is 677 g/mol. The number of fused-ring (bicyclic) bond motifs is 1. The molecule has 3 unspecified atom stereocenters. The third kappa shape index (κ3) is 11.3. The minimum absolute atomic E-state index is 0.189. The maximum absolute atomic E-state index is 12.7. The van der Waals surface area contributed by atoms with Crippen LogP contribution in [0.5, 0.6) is 11.5 Å². The predicted molar refractivity (Wildman–Crippen MR) is 191 cm³/mol. The number of carbonyl (C=O) groups excluding carboxylic acids is 1. The Bertz CT molecular complexity index is 1150. The molecule has 1 aromatic rings. The summed E-state index contributed by atoms with van der Waals surface area (Å²) in [6.45, 7) is 21.3. The molecule has 48 heavy (non-hydrogen) atoms. The van der Waals surface area contributed by atoms with Gasteiger partial charge in [0.1, 0.15) is 35.9 Å². The lowest BCUT2D eigenvalue weighted by molar-refractivity contribution is -0.275. The van der Waals surface area contributed by atoms with E-state index in [1.54, 1.807) is 6.92 Å². The molecule has 2 aliphatic heterocycles. The zero-order valence-electron chi connectivity index (χ0n) is 31.9. The van der Waals surface area contributed by atoms with E-state index in [-0.39, 0.29) is 18.8 Å². The van der Waals surface area contributed by atoms with Gasteiger partial charge in [0.05, 0.1) is 6.10 Å². The molecule has 8 heteroatoms. The van der Waals surface area contributed by atoms with Gasteiger partial charge in [-0.3, -0.25) is 0 Å². The van der Waals surface area contributed by atoms with Crippen LogP contribution in [-0.2, 0) is 25.4 Å². The van der Waals surface area contributed by atoms with Gasteiger partial charge >= 0.3 is 5.97 Å². The van der Waals surface area contributed by atoms with Gasteiger partial charge in [-0.1, -0.05) is 79.6 Å². The minimum atomic E-state index is -1.12. The number of benzene rings is 1. The Morgan fingerprint density at radius 2 is 1.56 bits per heavy atom. The first kappa shape index (κ1) is 40.6. The molecule has 8 nitrogen and oxygen atoms in total. The average Bonchev–Trinajstić information content (AvgIpc) is 3.02. The molecular weight excluding hydrogens is 608 g/mol. The van der Waals surface area contributed by atoms with E-state index in [0.717, 1.165) is 65.0 Å². The Morgan fingerprint density at radius 1 is 0.938 bits per heavy atom. The SMILES string of the molecule is CCO[C@@H]1C(C)C(O)OC(COC(=O)COc2c(C)c(C)c3c(c2C)CC[C@](C)(CCC[C@@H](C)CCC[C@@H](C)CCCC(C)C)O3)[C@@H]1O. The van der Waals surface area contributed by atoms with Crippen molar-refractivity contribution in [1.82, 2.24) is 0 Å². The lowest BCUT2D eigenvalue weighted by Crippen LogP contribution is -2.56. The molecule has 2 aliphatic rings.